The van der Waals surface area contributed by atoms with Gasteiger partial charge in [0, 0.05) is 18.4 Å². The van der Waals surface area contributed by atoms with Crippen LogP contribution in [0.25, 0.3) is 0 Å². The van der Waals surface area contributed by atoms with Gasteiger partial charge in [0.15, 0.2) is 9.84 Å². The molecule has 8 heteroatoms. The molecule has 2 aromatic rings. The number of nitrogens with zero attached hydrogens (tertiary/aromatic N) is 1. The molecule has 0 N–H and O–H groups in total. The Morgan fingerprint density at radius 2 is 1.90 bits per heavy atom. The summed E-state index contributed by atoms with van der Waals surface area (Å²) < 4.78 is 41.1. The van der Waals surface area contributed by atoms with Crippen molar-refractivity contribution >= 4 is 15.5 Å². The van der Waals surface area contributed by atoms with E-state index in [0.717, 1.165) is 18.4 Å². The number of nitro groups is 1. The second-order valence-electron chi connectivity index (χ2n) is 4.22. The van der Waals surface area contributed by atoms with Gasteiger partial charge in [0.05, 0.1) is 9.82 Å². The molecule has 0 atom stereocenters. The van der Waals surface area contributed by atoms with Crippen LogP contribution < -0.4 is 4.74 Å². The van der Waals surface area contributed by atoms with E-state index in [9.17, 15) is 22.9 Å². The molecule has 0 aliphatic carbocycles. The molecule has 0 heterocycles. The summed E-state index contributed by atoms with van der Waals surface area (Å²) in [7, 11) is -3.58. The number of halogens is 1. The first-order valence-corrected chi connectivity index (χ1v) is 7.58. The highest BCUT2D eigenvalue weighted by Crippen LogP contribution is 2.33. The predicted molar refractivity (Wildman–Crippen MR) is 72.7 cm³/mol. The van der Waals surface area contributed by atoms with E-state index in [-0.39, 0.29) is 16.4 Å². The molecular weight excluding hydrogens is 301 g/mol. The van der Waals surface area contributed by atoms with E-state index in [1.165, 1.54) is 30.3 Å². The second-order valence-corrected chi connectivity index (χ2v) is 6.23. The van der Waals surface area contributed by atoms with E-state index in [1.54, 1.807) is 0 Å². The minimum absolute atomic E-state index is 0.0743. The fourth-order valence-corrected chi connectivity index (χ4v) is 2.26. The van der Waals surface area contributed by atoms with Crippen molar-refractivity contribution < 1.29 is 22.5 Å². The minimum atomic E-state index is -3.58. The lowest BCUT2D eigenvalue weighted by atomic mass is 10.3. The van der Waals surface area contributed by atoms with Crippen molar-refractivity contribution in [1.82, 2.24) is 0 Å². The normalized spacial score (nSPS) is 11.1. The quantitative estimate of drug-likeness (QED) is 0.640. The molecule has 0 aliphatic rings. The average Bonchev–Trinajstić information content (AvgIpc) is 2.37. The zero-order chi connectivity index (χ0) is 15.6. The van der Waals surface area contributed by atoms with Crippen molar-refractivity contribution in [3.05, 3.63) is 58.4 Å². The number of rotatable bonds is 4. The first kappa shape index (κ1) is 14.9. The molecule has 0 amide bonds. The third-order valence-corrected chi connectivity index (χ3v) is 3.69. The Balaban J connectivity index is 2.47. The molecule has 6 nitrogen and oxygen atoms in total. The van der Waals surface area contributed by atoms with Gasteiger partial charge in [0.25, 0.3) is 0 Å². The number of hydrogen-bond acceptors (Lipinski definition) is 5. The highest BCUT2D eigenvalue weighted by atomic mass is 32.2. The second kappa shape index (κ2) is 5.49. The Labute approximate surface area is 119 Å². The number of benzene rings is 2. The van der Waals surface area contributed by atoms with E-state index in [2.05, 4.69) is 0 Å². The summed E-state index contributed by atoms with van der Waals surface area (Å²) in [5, 5.41) is 11.0. The summed E-state index contributed by atoms with van der Waals surface area (Å²) in [6.07, 6.45) is 0.944. The summed E-state index contributed by atoms with van der Waals surface area (Å²) in [5.74, 6) is -0.647. The molecule has 2 rings (SSSR count). The predicted octanol–water partition coefficient (Wildman–Crippen LogP) is 2.93. The number of ether oxygens (including phenoxy) is 1. The lowest BCUT2D eigenvalue weighted by Gasteiger charge is -2.07. The molecule has 0 spiro atoms. The van der Waals surface area contributed by atoms with Crippen LogP contribution in [0.5, 0.6) is 11.5 Å². The molecule has 0 unspecified atom stereocenters. The van der Waals surface area contributed by atoms with Crippen LogP contribution in [0.2, 0.25) is 0 Å². The lowest BCUT2D eigenvalue weighted by Crippen LogP contribution is -2.00. The molecule has 0 radical (unpaired) electrons. The zero-order valence-electron chi connectivity index (χ0n) is 10.8. The lowest BCUT2D eigenvalue weighted by molar-refractivity contribution is -0.385. The average molecular weight is 311 g/mol. The smallest absolute Gasteiger partial charge is 0.312 e. The molecule has 110 valence electrons. The van der Waals surface area contributed by atoms with Crippen molar-refractivity contribution in [2.24, 2.45) is 0 Å². The monoisotopic (exact) mass is 311 g/mol. The molecular formula is C13H10FNO5S. The maximum atomic E-state index is 13.1. The molecule has 0 saturated carbocycles. The topological polar surface area (TPSA) is 86.5 Å². The van der Waals surface area contributed by atoms with Crippen LogP contribution in [-0.2, 0) is 9.84 Å². The van der Waals surface area contributed by atoms with Crippen molar-refractivity contribution in [2.45, 2.75) is 4.90 Å². The Kier molecular flexibility index (Phi) is 3.90. The number of hydrogen-bond donors (Lipinski definition) is 0. The fraction of sp³-hybridized carbons (Fsp3) is 0.0769. The van der Waals surface area contributed by atoms with Gasteiger partial charge in [-0.05, 0) is 24.3 Å². The van der Waals surface area contributed by atoms with E-state index < -0.39 is 26.3 Å². The SMILES string of the molecule is CS(=O)(=O)c1ccc(Oc2cccc(F)c2)c([N+](=O)[O-])c1. The standard InChI is InChI=1S/C13H10FNO5S/c1-21(18,19)11-5-6-13(12(8-11)15(16)17)20-10-4-2-3-9(14)7-10/h2-8H,1H3. The first-order valence-electron chi connectivity index (χ1n) is 5.69. The van der Waals surface area contributed by atoms with Crippen molar-refractivity contribution in [1.29, 1.82) is 0 Å². The maximum Gasteiger partial charge on any atom is 0.312 e. The molecule has 0 aromatic heterocycles. The van der Waals surface area contributed by atoms with Gasteiger partial charge in [0.1, 0.15) is 11.6 Å². The Morgan fingerprint density at radius 3 is 2.48 bits per heavy atom. The van der Waals surface area contributed by atoms with Crippen LogP contribution in [0.4, 0.5) is 10.1 Å². The van der Waals surface area contributed by atoms with Crippen molar-refractivity contribution in [2.75, 3.05) is 6.26 Å². The maximum absolute atomic E-state index is 13.1. The van der Waals surface area contributed by atoms with Gasteiger partial charge in [-0.3, -0.25) is 10.1 Å². The highest BCUT2D eigenvalue weighted by Gasteiger charge is 2.20. The van der Waals surface area contributed by atoms with Gasteiger partial charge in [0.2, 0.25) is 5.75 Å². The minimum Gasteiger partial charge on any atom is -0.450 e. The van der Waals surface area contributed by atoms with Crippen molar-refractivity contribution in [3.63, 3.8) is 0 Å². The molecule has 0 saturated heterocycles. The van der Waals surface area contributed by atoms with Gasteiger partial charge in [-0.15, -0.1) is 0 Å². The summed E-state index contributed by atoms with van der Waals surface area (Å²) in [4.78, 5) is 10.1. The van der Waals surface area contributed by atoms with Crippen LogP contribution >= 0.6 is 0 Å². The van der Waals surface area contributed by atoms with E-state index in [4.69, 9.17) is 4.74 Å². The molecule has 0 bridgehead atoms. The third kappa shape index (κ3) is 3.54. The van der Waals surface area contributed by atoms with Gasteiger partial charge in [-0.1, -0.05) is 6.07 Å². The van der Waals surface area contributed by atoms with E-state index in [0.29, 0.717) is 0 Å². The largest absolute Gasteiger partial charge is 0.450 e. The first-order chi connectivity index (χ1) is 9.77. The van der Waals surface area contributed by atoms with Gasteiger partial charge in [-0.25, -0.2) is 12.8 Å². The third-order valence-electron chi connectivity index (χ3n) is 2.58. The van der Waals surface area contributed by atoms with Crippen LogP contribution in [0.3, 0.4) is 0 Å². The fourth-order valence-electron chi connectivity index (χ4n) is 1.61. The van der Waals surface area contributed by atoms with Crippen LogP contribution in [0, 0.1) is 15.9 Å². The Hall–Kier alpha value is -2.48. The van der Waals surface area contributed by atoms with Gasteiger partial charge < -0.3 is 4.74 Å². The Bertz CT molecular complexity index is 804. The van der Waals surface area contributed by atoms with Crippen LogP contribution in [0.1, 0.15) is 0 Å². The van der Waals surface area contributed by atoms with Gasteiger partial charge >= 0.3 is 5.69 Å². The molecule has 0 fully saturated rings. The Morgan fingerprint density at radius 1 is 1.19 bits per heavy atom. The molecule has 21 heavy (non-hydrogen) atoms. The molecule has 2 aromatic carbocycles. The highest BCUT2D eigenvalue weighted by molar-refractivity contribution is 7.90. The zero-order valence-corrected chi connectivity index (χ0v) is 11.6. The van der Waals surface area contributed by atoms with Crippen LogP contribution in [-0.4, -0.2) is 19.6 Å². The van der Waals surface area contributed by atoms with Crippen molar-refractivity contribution in [3.8, 4) is 11.5 Å². The summed E-state index contributed by atoms with van der Waals surface area (Å²) in [6, 6.07) is 8.35. The summed E-state index contributed by atoms with van der Waals surface area (Å²) >= 11 is 0. The van der Waals surface area contributed by atoms with Crippen LogP contribution in [0.15, 0.2) is 47.4 Å². The van der Waals surface area contributed by atoms with E-state index in [1.807, 2.05) is 0 Å². The van der Waals surface area contributed by atoms with Gasteiger partial charge in [-0.2, -0.15) is 0 Å². The van der Waals surface area contributed by atoms with E-state index >= 15 is 0 Å². The summed E-state index contributed by atoms with van der Waals surface area (Å²) in [6.45, 7) is 0. The number of nitro benzene ring substituents is 1. The molecule has 0 aliphatic heterocycles. The summed E-state index contributed by atoms with van der Waals surface area (Å²) in [5.41, 5.74) is -0.512. The number of sulfone groups is 1.